The predicted octanol–water partition coefficient (Wildman–Crippen LogP) is 2.99. The zero-order valence-corrected chi connectivity index (χ0v) is 13.6. The Balaban J connectivity index is 1.88. The SMILES string of the molecule is O=C(N/N=C\c1c(Cl)cccc1Cl)c1n[nH]c(=O)c2ccccc12. The average Bonchev–Trinajstić information content (AvgIpc) is 2.58. The molecule has 0 atom stereocenters. The van der Waals surface area contributed by atoms with Crippen molar-refractivity contribution >= 4 is 46.1 Å². The molecule has 0 aliphatic heterocycles. The molecule has 0 bridgehead atoms. The number of aromatic amines is 1. The largest absolute Gasteiger partial charge is 0.292 e. The number of amides is 1. The van der Waals surface area contributed by atoms with Crippen LogP contribution in [0.25, 0.3) is 10.8 Å². The van der Waals surface area contributed by atoms with Crippen molar-refractivity contribution in [1.82, 2.24) is 15.6 Å². The first-order chi connectivity index (χ1) is 11.6. The van der Waals surface area contributed by atoms with Crippen molar-refractivity contribution in [3.63, 3.8) is 0 Å². The molecule has 6 nitrogen and oxygen atoms in total. The molecule has 0 fully saturated rings. The number of H-pyrrole nitrogens is 1. The van der Waals surface area contributed by atoms with E-state index in [1.165, 1.54) is 6.21 Å². The summed E-state index contributed by atoms with van der Waals surface area (Å²) < 4.78 is 0. The van der Waals surface area contributed by atoms with Gasteiger partial charge in [0.25, 0.3) is 11.5 Å². The lowest BCUT2D eigenvalue weighted by Gasteiger charge is -2.03. The number of rotatable bonds is 3. The van der Waals surface area contributed by atoms with Gasteiger partial charge < -0.3 is 0 Å². The van der Waals surface area contributed by atoms with E-state index < -0.39 is 5.91 Å². The molecule has 0 spiro atoms. The maximum atomic E-state index is 12.3. The number of nitrogens with zero attached hydrogens (tertiary/aromatic N) is 2. The van der Waals surface area contributed by atoms with Crippen LogP contribution in [0.3, 0.4) is 0 Å². The second-order valence-corrected chi connectivity index (χ2v) is 5.60. The first-order valence-electron chi connectivity index (χ1n) is 6.83. The van der Waals surface area contributed by atoms with E-state index >= 15 is 0 Å². The van der Waals surface area contributed by atoms with Gasteiger partial charge in [0, 0.05) is 10.9 Å². The average molecular weight is 361 g/mol. The first kappa shape index (κ1) is 16.2. The van der Waals surface area contributed by atoms with Gasteiger partial charge in [0.1, 0.15) is 0 Å². The highest BCUT2D eigenvalue weighted by Gasteiger charge is 2.13. The fraction of sp³-hybridized carbons (Fsp3) is 0. The van der Waals surface area contributed by atoms with Crippen LogP contribution < -0.4 is 11.0 Å². The highest BCUT2D eigenvalue weighted by atomic mass is 35.5. The Morgan fingerprint density at radius 3 is 2.46 bits per heavy atom. The maximum absolute atomic E-state index is 12.3. The minimum Gasteiger partial charge on any atom is -0.267 e. The van der Waals surface area contributed by atoms with Crippen LogP contribution in [-0.2, 0) is 0 Å². The normalized spacial score (nSPS) is 11.1. The van der Waals surface area contributed by atoms with Crippen LogP contribution in [0.5, 0.6) is 0 Å². The number of fused-ring (bicyclic) bond motifs is 1. The molecule has 0 aliphatic carbocycles. The lowest BCUT2D eigenvalue weighted by atomic mass is 10.1. The van der Waals surface area contributed by atoms with Gasteiger partial charge >= 0.3 is 0 Å². The standard InChI is InChI=1S/C16H10Cl2N4O2/c17-12-6-3-7-13(18)11(12)8-19-21-16(24)14-9-4-1-2-5-10(9)15(23)22-20-14/h1-8H,(H,21,24)(H,22,23)/b19-8-. The summed E-state index contributed by atoms with van der Waals surface area (Å²) in [7, 11) is 0. The fourth-order valence-electron chi connectivity index (χ4n) is 2.13. The first-order valence-corrected chi connectivity index (χ1v) is 7.58. The number of aromatic nitrogens is 2. The second-order valence-electron chi connectivity index (χ2n) is 4.78. The smallest absolute Gasteiger partial charge is 0.267 e. The Morgan fingerprint density at radius 1 is 1.08 bits per heavy atom. The molecular formula is C16H10Cl2N4O2. The number of benzene rings is 2. The van der Waals surface area contributed by atoms with Crippen LogP contribution in [0.2, 0.25) is 10.0 Å². The summed E-state index contributed by atoms with van der Waals surface area (Å²) in [6, 6.07) is 11.7. The summed E-state index contributed by atoms with van der Waals surface area (Å²) >= 11 is 12.0. The van der Waals surface area contributed by atoms with Crippen LogP contribution in [0, 0.1) is 0 Å². The molecule has 0 saturated carbocycles. The second kappa shape index (κ2) is 6.82. The fourth-order valence-corrected chi connectivity index (χ4v) is 2.63. The van der Waals surface area contributed by atoms with Gasteiger partial charge in [-0.25, -0.2) is 10.5 Å². The molecule has 120 valence electrons. The number of nitrogens with one attached hydrogen (secondary N) is 2. The maximum Gasteiger partial charge on any atom is 0.292 e. The Kier molecular flexibility index (Phi) is 4.59. The van der Waals surface area contributed by atoms with Gasteiger partial charge in [0.05, 0.1) is 21.6 Å². The van der Waals surface area contributed by atoms with Crippen molar-refractivity contribution in [3.8, 4) is 0 Å². The minimum absolute atomic E-state index is 0.0626. The predicted molar refractivity (Wildman–Crippen MR) is 93.9 cm³/mol. The lowest BCUT2D eigenvalue weighted by molar-refractivity contribution is 0.0951. The van der Waals surface area contributed by atoms with Crippen molar-refractivity contribution < 1.29 is 4.79 Å². The Bertz CT molecular complexity index is 994. The third-order valence-corrected chi connectivity index (χ3v) is 3.93. The molecule has 24 heavy (non-hydrogen) atoms. The summed E-state index contributed by atoms with van der Waals surface area (Å²) in [5.74, 6) is -0.568. The van der Waals surface area contributed by atoms with E-state index in [0.717, 1.165) is 0 Å². The van der Waals surface area contributed by atoms with Crippen LogP contribution in [-0.4, -0.2) is 22.3 Å². The van der Waals surface area contributed by atoms with Crippen molar-refractivity contribution in [2.24, 2.45) is 5.10 Å². The quantitative estimate of drug-likeness (QED) is 0.555. The number of hydrogen-bond acceptors (Lipinski definition) is 4. The summed E-state index contributed by atoms with van der Waals surface area (Å²) in [4.78, 5) is 24.0. The van der Waals surface area contributed by atoms with Gasteiger partial charge in [-0.05, 0) is 18.2 Å². The molecule has 0 radical (unpaired) electrons. The van der Waals surface area contributed by atoms with Crippen molar-refractivity contribution in [2.75, 3.05) is 0 Å². The van der Waals surface area contributed by atoms with Gasteiger partial charge in [0.2, 0.25) is 0 Å². The Hall–Kier alpha value is -2.70. The van der Waals surface area contributed by atoms with Crippen LogP contribution in [0.15, 0.2) is 52.4 Å². The lowest BCUT2D eigenvalue weighted by Crippen LogP contribution is -2.22. The molecular weight excluding hydrogens is 351 g/mol. The molecule has 0 saturated heterocycles. The molecule has 1 amide bonds. The summed E-state index contributed by atoms with van der Waals surface area (Å²) in [5.41, 5.74) is 2.52. The van der Waals surface area contributed by atoms with Crippen molar-refractivity contribution in [1.29, 1.82) is 0 Å². The number of hydrazone groups is 1. The highest BCUT2D eigenvalue weighted by molar-refractivity contribution is 6.38. The third-order valence-electron chi connectivity index (χ3n) is 3.27. The molecule has 8 heteroatoms. The van der Waals surface area contributed by atoms with E-state index in [1.54, 1.807) is 42.5 Å². The van der Waals surface area contributed by atoms with Gasteiger partial charge in [-0.15, -0.1) is 0 Å². The molecule has 3 aromatic rings. The third kappa shape index (κ3) is 3.15. The van der Waals surface area contributed by atoms with E-state index in [1.807, 2.05) is 0 Å². The molecule has 1 aromatic heterocycles. The van der Waals surface area contributed by atoms with E-state index in [4.69, 9.17) is 23.2 Å². The van der Waals surface area contributed by atoms with E-state index in [0.29, 0.717) is 26.4 Å². The van der Waals surface area contributed by atoms with Gasteiger partial charge in [0.15, 0.2) is 5.69 Å². The monoisotopic (exact) mass is 360 g/mol. The minimum atomic E-state index is -0.568. The zero-order chi connectivity index (χ0) is 17.1. The van der Waals surface area contributed by atoms with E-state index in [9.17, 15) is 9.59 Å². The molecule has 0 unspecified atom stereocenters. The summed E-state index contributed by atoms with van der Waals surface area (Å²) in [6.45, 7) is 0. The Morgan fingerprint density at radius 2 is 1.75 bits per heavy atom. The number of carbonyl (C=O) groups excluding carboxylic acids is 1. The molecule has 3 rings (SSSR count). The summed E-state index contributed by atoms with van der Waals surface area (Å²) in [6.07, 6.45) is 1.34. The number of carbonyl (C=O) groups is 1. The number of halogens is 2. The van der Waals surface area contributed by atoms with E-state index in [-0.39, 0.29) is 11.3 Å². The molecule has 2 aromatic carbocycles. The van der Waals surface area contributed by atoms with Crippen molar-refractivity contribution in [3.05, 3.63) is 74.1 Å². The topological polar surface area (TPSA) is 87.2 Å². The van der Waals surface area contributed by atoms with Crippen molar-refractivity contribution in [2.45, 2.75) is 0 Å². The molecule has 0 aliphatic rings. The van der Waals surface area contributed by atoms with Crippen LogP contribution in [0.4, 0.5) is 0 Å². The van der Waals surface area contributed by atoms with Gasteiger partial charge in [-0.1, -0.05) is 47.5 Å². The number of hydrogen-bond donors (Lipinski definition) is 2. The Labute approximate surface area is 146 Å². The van der Waals surface area contributed by atoms with Gasteiger partial charge in [-0.2, -0.15) is 10.2 Å². The van der Waals surface area contributed by atoms with Gasteiger partial charge in [-0.3, -0.25) is 9.59 Å². The zero-order valence-electron chi connectivity index (χ0n) is 12.1. The summed E-state index contributed by atoms with van der Waals surface area (Å²) in [5, 5.41) is 11.6. The highest BCUT2D eigenvalue weighted by Crippen LogP contribution is 2.22. The van der Waals surface area contributed by atoms with E-state index in [2.05, 4.69) is 20.7 Å². The van der Waals surface area contributed by atoms with Crippen LogP contribution >= 0.6 is 23.2 Å². The molecule has 1 heterocycles. The molecule has 2 N–H and O–H groups in total. The van der Waals surface area contributed by atoms with Crippen LogP contribution in [0.1, 0.15) is 16.1 Å².